The molecule has 0 unspecified atom stereocenters. The fraction of sp³-hybridized carbons (Fsp3) is 0.269. The fourth-order valence-corrected chi connectivity index (χ4v) is 4.66. The van der Waals surface area contributed by atoms with Crippen LogP contribution in [-0.2, 0) is 12.5 Å². The van der Waals surface area contributed by atoms with Gasteiger partial charge in [0.15, 0.2) is 0 Å². The first-order valence-electron chi connectivity index (χ1n) is 10.5. The number of nitrogens with zero attached hydrogens (tertiary/aromatic N) is 2. The highest BCUT2D eigenvalue weighted by Crippen LogP contribution is 2.31. The molecule has 4 aromatic rings. The lowest BCUT2D eigenvalue weighted by Crippen LogP contribution is -2.19. The van der Waals surface area contributed by atoms with Crippen LogP contribution in [0.4, 0.5) is 5.69 Å². The zero-order valence-corrected chi connectivity index (χ0v) is 20.1. The van der Waals surface area contributed by atoms with E-state index >= 15 is 0 Å². The number of anilines is 1. The molecule has 3 aromatic heterocycles. The second kappa shape index (κ2) is 8.02. The van der Waals surface area contributed by atoms with Gasteiger partial charge in [0.2, 0.25) is 0 Å². The molecule has 0 spiro atoms. The van der Waals surface area contributed by atoms with Gasteiger partial charge in [-0.05, 0) is 66.8 Å². The van der Waals surface area contributed by atoms with E-state index in [2.05, 4.69) is 31.1 Å². The SMILES string of the molecule is Cc1cc2c(cn1)cc(-c1cc(NC(=O)c3ccc(C(C)(C)C)s3)ccc1C)c(=O)n2C. The van der Waals surface area contributed by atoms with Crippen LogP contribution in [0.3, 0.4) is 0 Å². The number of aryl methyl sites for hydroxylation is 3. The van der Waals surface area contributed by atoms with Crippen LogP contribution in [0.1, 0.15) is 46.6 Å². The Balaban J connectivity index is 1.72. The first kappa shape index (κ1) is 22.0. The van der Waals surface area contributed by atoms with E-state index in [4.69, 9.17) is 0 Å². The van der Waals surface area contributed by atoms with E-state index in [-0.39, 0.29) is 16.9 Å². The van der Waals surface area contributed by atoms with E-state index in [1.54, 1.807) is 17.8 Å². The van der Waals surface area contributed by atoms with Crippen molar-refractivity contribution in [2.45, 2.75) is 40.0 Å². The van der Waals surface area contributed by atoms with Gasteiger partial charge in [0.05, 0.1) is 10.4 Å². The van der Waals surface area contributed by atoms with E-state index < -0.39 is 0 Å². The van der Waals surface area contributed by atoms with Crippen molar-refractivity contribution in [2.75, 3.05) is 5.32 Å². The summed E-state index contributed by atoms with van der Waals surface area (Å²) in [7, 11) is 1.78. The number of amides is 1. The Morgan fingerprint density at radius 3 is 2.47 bits per heavy atom. The highest BCUT2D eigenvalue weighted by atomic mass is 32.1. The summed E-state index contributed by atoms with van der Waals surface area (Å²) in [5.41, 5.74) is 4.64. The average Bonchev–Trinajstić information content (AvgIpc) is 3.24. The Morgan fingerprint density at radius 1 is 1.03 bits per heavy atom. The van der Waals surface area contributed by atoms with Gasteiger partial charge in [0.1, 0.15) is 0 Å². The predicted molar refractivity (Wildman–Crippen MR) is 133 cm³/mol. The molecule has 0 atom stereocenters. The van der Waals surface area contributed by atoms with Crippen LogP contribution in [0, 0.1) is 13.8 Å². The maximum atomic E-state index is 13.2. The third-order valence-electron chi connectivity index (χ3n) is 5.60. The van der Waals surface area contributed by atoms with E-state index in [9.17, 15) is 9.59 Å². The molecule has 0 aliphatic carbocycles. The molecule has 1 aromatic carbocycles. The summed E-state index contributed by atoms with van der Waals surface area (Å²) in [5.74, 6) is -0.147. The van der Waals surface area contributed by atoms with E-state index in [1.165, 1.54) is 11.3 Å². The maximum Gasteiger partial charge on any atom is 0.265 e. The summed E-state index contributed by atoms with van der Waals surface area (Å²) >= 11 is 1.51. The van der Waals surface area contributed by atoms with Gasteiger partial charge in [0.25, 0.3) is 11.5 Å². The van der Waals surface area contributed by atoms with Gasteiger partial charge in [-0.25, -0.2) is 0 Å². The maximum absolute atomic E-state index is 13.2. The van der Waals surface area contributed by atoms with Gasteiger partial charge < -0.3 is 9.88 Å². The molecule has 0 saturated carbocycles. The third kappa shape index (κ3) is 4.10. The number of hydrogen-bond acceptors (Lipinski definition) is 4. The van der Waals surface area contributed by atoms with Gasteiger partial charge in [0, 0.05) is 40.5 Å². The van der Waals surface area contributed by atoms with Crippen molar-refractivity contribution < 1.29 is 4.79 Å². The molecule has 32 heavy (non-hydrogen) atoms. The number of aromatic nitrogens is 2. The lowest BCUT2D eigenvalue weighted by Gasteiger charge is -2.15. The summed E-state index contributed by atoms with van der Waals surface area (Å²) < 4.78 is 1.66. The van der Waals surface area contributed by atoms with Gasteiger partial charge in [-0.2, -0.15) is 0 Å². The highest BCUT2D eigenvalue weighted by Gasteiger charge is 2.19. The van der Waals surface area contributed by atoms with Crippen LogP contribution in [0.15, 0.2) is 53.5 Å². The Labute approximate surface area is 191 Å². The molecular weight excluding hydrogens is 418 g/mol. The molecule has 0 aliphatic rings. The molecule has 4 rings (SSSR count). The summed E-state index contributed by atoms with van der Waals surface area (Å²) in [5, 5.41) is 3.89. The molecule has 0 fully saturated rings. The van der Waals surface area contributed by atoms with E-state index in [1.807, 2.05) is 56.3 Å². The topological polar surface area (TPSA) is 64.0 Å². The van der Waals surface area contributed by atoms with Crippen LogP contribution in [0.25, 0.3) is 22.0 Å². The molecule has 0 radical (unpaired) electrons. The highest BCUT2D eigenvalue weighted by molar-refractivity contribution is 7.14. The van der Waals surface area contributed by atoms with Crippen molar-refractivity contribution in [3.05, 3.63) is 80.0 Å². The normalized spacial score (nSPS) is 11.7. The number of thiophene rings is 1. The predicted octanol–water partition coefficient (Wildman–Crippen LogP) is 5.83. The smallest absolute Gasteiger partial charge is 0.265 e. The number of rotatable bonds is 3. The Hall–Kier alpha value is -3.25. The zero-order valence-electron chi connectivity index (χ0n) is 19.2. The lowest BCUT2D eigenvalue weighted by atomic mass is 9.95. The molecule has 0 saturated heterocycles. The van der Waals surface area contributed by atoms with Crippen LogP contribution in [-0.4, -0.2) is 15.5 Å². The van der Waals surface area contributed by atoms with Gasteiger partial charge in [-0.3, -0.25) is 14.6 Å². The van der Waals surface area contributed by atoms with Gasteiger partial charge in [-0.15, -0.1) is 11.3 Å². The average molecular weight is 446 g/mol. The minimum atomic E-state index is -0.147. The molecular formula is C26H27N3O2S. The minimum absolute atomic E-state index is 0.00373. The molecule has 3 heterocycles. The zero-order chi connectivity index (χ0) is 23.2. The first-order valence-corrected chi connectivity index (χ1v) is 11.4. The monoisotopic (exact) mass is 445 g/mol. The number of carbonyl (C=O) groups is 1. The number of nitrogens with one attached hydrogen (secondary N) is 1. The van der Waals surface area contributed by atoms with Crippen LogP contribution < -0.4 is 10.9 Å². The summed E-state index contributed by atoms with van der Waals surface area (Å²) in [6.45, 7) is 10.3. The molecule has 1 N–H and O–H groups in total. The first-order chi connectivity index (χ1) is 15.0. The lowest BCUT2D eigenvalue weighted by molar-refractivity contribution is 0.103. The van der Waals surface area contributed by atoms with Crippen molar-refractivity contribution in [3.63, 3.8) is 0 Å². The third-order valence-corrected chi connectivity index (χ3v) is 7.11. The number of carbonyl (C=O) groups excluding carboxylic acids is 1. The quantitative estimate of drug-likeness (QED) is 0.432. The summed E-state index contributed by atoms with van der Waals surface area (Å²) in [6, 6.07) is 13.3. The molecule has 0 aliphatic heterocycles. The molecule has 0 bridgehead atoms. The standard InChI is InChI=1S/C26H27N3O2S/c1-15-7-8-18(28-24(30)22-9-10-23(32-22)26(3,4)5)13-19(15)20-12-17-14-27-16(2)11-21(17)29(6)25(20)31/h7-14H,1-6H3,(H,28,30). The summed E-state index contributed by atoms with van der Waals surface area (Å²) in [4.78, 5) is 32.2. The van der Waals surface area contributed by atoms with E-state index in [0.717, 1.165) is 32.6 Å². The van der Waals surface area contributed by atoms with Crippen LogP contribution in [0.5, 0.6) is 0 Å². The van der Waals surface area contributed by atoms with Gasteiger partial charge >= 0.3 is 0 Å². The number of pyridine rings is 2. The minimum Gasteiger partial charge on any atom is -0.321 e. The van der Waals surface area contributed by atoms with Crippen molar-refractivity contribution in [1.29, 1.82) is 0 Å². The molecule has 6 heteroatoms. The second-order valence-electron chi connectivity index (χ2n) is 9.20. The Bertz CT molecular complexity index is 1410. The van der Waals surface area contributed by atoms with Gasteiger partial charge in [-0.1, -0.05) is 26.8 Å². The Kier molecular flexibility index (Phi) is 5.51. The number of benzene rings is 1. The molecule has 5 nitrogen and oxygen atoms in total. The molecule has 164 valence electrons. The largest absolute Gasteiger partial charge is 0.321 e. The van der Waals surface area contributed by atoms with Crippen molar-refractivity contribution in [1.82, 2.24) is 9.55 Å². The Morgan fingerprint density at radius 2 is 1.78 bits per heavy atom. The van der Waals surface area contributed by atoms with E-state index in [0.29, 0.717) is 16.1 Å². The summed E-state index contributed by atoms with van der Waals surface area (Å²) in [6.07, 6.45) is 1.79. The van der Waals surface area contributed by atoms with Crippen molar-refractivity contribution in [2.24, 2.45) is 7.05 Å². The van der Waals surface area contributed by atoms with Crippen LogP contribution in [0.2, 0.25) is 0 Å². The van der Waals surface area contributed by atoms with Crippen molar-refractivity contribution >= 4 is 33.8 Å². The number of hydrogen-bond donors (Lipinski definition) is 1. The number of fused-ring (bicyclic) bond motifs is 1. The second-order valence-corrected chi connectivity index (χ2v) is 10.3. The van der Waals surface area contributed by atoms with Crippen LogP contribution >= 0.6 is 11.3 Å². The molecule has 1 amide bonds. The fourth-order valence-electron chi connectivity index (χ4n) is 3.70. The van der Waals surface area contributed by atoms with Crippen molar-refractivity contribution in [3.8, 4) is 11.1 Å².